The number of ether oxygens (including phenoxy) is 2. The Balaban J connectivity index is 1.59. The summed E-state index contributed by atoms with van der Waals surface area (Å²) in [6, 6.07) is 1.21. The van der Waals surface area contributed by atoms with Gasteiger partial charge in [-0.2, -0.15) is 0 Å². The van der Waals surface area contributed by atoms with Gasteiger partial charge in [0.1, 0.15) is 0 Å². The summed E-state index contributed by atoms with van der Waals surface area (Å²) in [7, 11) is -3.43. The van der Waals surface area contributed by atoms with Crippen LogP contribution >= 0.6 is 7.60 Å². The van der Waals surface area contributed by atoms with Gasteiger partial charge in [0.05, 0.1) is 43.0 Å². The van der Waals surface area contributed by atoms with Crippen LogP contribution in [0.5, 0.6) is 0 Å². The summed E-state index contributed by atoms with van der Waals surface area (Å²) in [5.41, 5.74) is 4.34. The highest BCUT2D eigenvalue weighted by Gasteiger charge is 2.57. The number of H-pyrrole nitrogens is 1. The fourth-order valence-corrected chi connectivity index (χ4v) is 6.24. The molecule has 2 unspecified atom stereocenters. The van der Waals surface area contributed by atoms with E-state index in [1.54, 1.807) is 27.7 Å². The fraction of sp³-hybridized carbons (Fsp3) is 0.750. The molecule has 2 fully saturated rings. The lowest BCUT2D eigenvalue weighted by Crippen LogP contribution is -2.52. The van der Waals surface area contributed by atoms with Crippen LogP contribution in [-0.4, -0.2) is 52.6 Å². The molecule has 0 radical (unpaired) electrons. The molecule has 32 heavy (non-hydrogen) atoms. The SMILES string of the molecule is CC(C)OC(=O)C(C)CCCOP1(=O)C[C@@H]2[C@@H](CO1)O[C@@H](n1ccc(=O)[nH]c1=O)[C@]2(C)N. The van der Waals surface area contributed by atoms with E-state index in [0.717, 1.165) is 0 Å². The molecule has 3 heterocycles. The number of nitrogens with two attached hydrogens (primary N) is 1. The number of carbonyl (C=O) groups excluding carboxylic acids is 1. The minimum Gasteiger partial charge on any atom is -0.463 e. The predicted molar refractivity (Wildman–Crippen MR) is 115 cm³/mol. The fourth-order valence-electron chi connectivity index (χ4n) is 4.07. The standard InChI is InChI=1S/C20H32N3O8P/c1-12(2)30-17(25)13(3)6-5-9-28-32(27)11-14-15(10-29-32)31-18(20(14,4)21)23-8-7-16(24)22-19(23)26/h7-8,12-15,18H,5-6,9-11,21H2,1-4H3,(H,22,24,26)/t13?,14-,15-,18-,20-,32?/m1/s1. The maximum atomic E-state index is 13.2. The van der Waals surface area contributed by atoms with Crippen molar-refractivity contribution in [3.8, 4) is 0 Å². The van der Waals surface area contributed by atoms with Crippen molar-refractivity contribution in [2.24, 2.45) is 17.6 Å². The predicted octanol–water partition coefficient (Wildman–Crippen LogP) is 1.38. The van der Waals surface area contributed by atoms with Crippen LogP contribution in [0.15, 0.2) is 21.9 Å². The zero-order chi connectivity index (χ0) is 23.7. The Labute approximate surface area is 186 Å². The molecule has 3 N–H and O–H groups in total. The van der Waals surface area contributed by atoms with Gasteiger partial charge in [-0.15, -0.1) is 0 Å². The number of aromatic nitrogens is 2. The Hall–Kier alpha value is -1.78. The number of hydrogen-bond acceptors (Lipinski definition) is 9. The molecule has 0 bridgehead atoms. The van der Waals surface area contributed by atoms with E-state index < -0.39 is 36.7 Å². The van der Waals surface area contributed by atoms with Gasteiger partial charge in [0.15, 0.2) is 6.23 Å². The van der Waals surface area contributed by atoms with Crippen molar-refractivity contribution in [2.45, 2.75) is 64.5 Å². The van der Waals surface area contributed by atoms with Crippen molar-refractivity contribution >= 4 is 13.6 Å². The number of nitrogens with one attached hydrogen (secondary N) is 1. The second-order valence-electron chi connectivity index (χ2n) is 8.97. The largest absolute Gasteiger partial charge is 0.463 e. The lowest BCUT2D eigenvalue weighted by molar-refractivity contribution is -0.152. The maximum absolute atomic E-state index is 13.2. The van der Waals surface area contributed by atoms with E-state index >= 15 is 0 Å². The molecule has 1 aromatic rings. The Kier molecular flexibility index (Phi) is 7.46. The van der Waals surface area contributed by atoms with Crippen molar-refractivity contribution in [3.05, 3.63) is 33.1 Å². The Morgan fingerprint density at radius 3 is 2.78 bits per heavy atom. The number of hydrogen-bond donors (Lipinski definition) is 2. The number of nitrogens with zero attached hydrogens (tertiary/aromatic N) is 1. The molecule has 0 aliphatic carbocycles. The van der Waals surface area contributed by atoms with Crippen LogP contribution in [0.25, 0.3) is 0 Å². The highest BCUT2D eigenvalue weighted by molar-refractivity contribution is 7.53. The third kappa shape index (κ3) is 5.40. The van der Waals surface area contributed by atoms with E-state index in [0.29, 0.717) is 12.8 Å². The summed E-state index contributed by atoms with van der Waals surface area (Å²) in [4.78, 5) is 37.6. The van der Waals surface area contributed by atoms with E-state index in [1.807, 2.05) is 0 Å². The highest BCUT2D eigenvalue weighted by atomic mass is 31.2. The van der Waals surface area contributed by atoms with Gasteiger partial charge in [0.2, 0.25) is 0 Å². The van der Waals surface area contributed by atoms with Gasteiger partial charge in [-0.25, -0.2) is 4.79 Å². The summed E-state index contributed by atoms with van der Waals surface area (Å²) in [5.74, 6) is -0.940. The third-order valence-corrected chi connectivity index (χ3v) is 7.83. The summed E-state index contributed by atoms with van der Waals surface area (Å²) < 4.78 is 36.7. The van der Waals surface area contributed by atoms with Crippen LogP contribution in [0.1, 0.15) is 46.8 Å². The number of rotatable bonds is 8. The van der Waals surface area contributed by atoms with Gasteiger partial charge in [0, 0.05) is 18.2 Å². The van der Waals surface area contributed by atoms with Crippen molar-refractivity contribution in [3.63, 3.8) is 0 Å². The summed E-state index contributed by atoms with van der Waals surface area (Å²) in [5, 5.41) is 0. The maximum Gasteiger partial charge on any atom is 0.331 e. The van der Waals surface area contributed by atoms with Gasteiger partial charge in [-0.3, -0.25) is 23.7 Å². The van der Waals surface area contributed by atoms with Crippen LogP contribution in [-0.2, 0) is 27.9 Å². The Bertz CT molecular complexity index is 988. The lowest BCUT2D eigenvalue weighted by Gasteiger charge is -2.36. The molecule has 1 aromatic heterocycles. The van der Waals surface area contributed by atoms with E-state index in [-0.39, 0.29) is 43.3 Å². The minimum absolute atomic E-state index is 0.0143. The number of fused-ring (bicyclic) bond motifs is 1. The quantitative estimate of drug-likeness (QED) is 0.324. The molecule has 3 rings (SSSR count). The zero-order valence-corrected chi connectivity index (χ0v) is 19.7. The van der Waals surface area contributed by atoms with Gasteiger partial charge in [-0.05, 0) is 33.6 Å². The molecule has 6 atom stereocenters. The van der Waals surface area contributed by atoms with Crippen LogP contribution in [0.2, 0.25) is 0 Å². The van der Waals surface area contributed by atoms with E-state index in [4.69, 9.17) is 24.3 Å². The van der Waals surface area contributed by atoms with Crippen LogP contribution in [0.3, 0.4) is 0 Å². The third-order valence-electron chi connectivity index (χ3n) is 5.87. The molecule has 0 spiro atoms. The molecule has 0 saturated carbocycles. The topological polar surface area (TPSA) is 152 Å². The van der Waals surface area contributed by atoms with E-state index in [2.05, 4.69) is 4.98 Å². The second-order valence-corrected chi connectivity index (χ2v) is 11.1. The van der Waals surface area contributed by atoms with E-state index in [1.165, 1.54) is 16.8 Å². The van der Waals surface area contributed by atoms with Crippen molar-refractivity contribution in [1.82, 2.24) is 9.55 Å². The molecular weight excluding hydrogens is 441 g/mol. The van der Waals surface area contributed by atoms with Crippen molar-refractivity contribution < 1.29 is 27.9 Å². The smallest absolute Gasteiger partial charge is 0.331 e. The Morgan fingerprint density at radius 2 is 2.12 bits per heavy atom. The Morgan fingerprint density at radius 1 is 1.41 bits per heavy atom. The van der Waals surface area contributed by atoms with Crippen LogP contribution in [0.4, 0.5) is 0 Å². The normalized spacial score (nSPS) is 33.1. The minimum atomic E-state index is -3.43. The molecule has 0 amide bonds. The highest BCUT2D eigenvalue weighted by Crippen LogP contribution is 2.58. The van der Waals surface area contributed by atoms with Gasteiger partial charge < -0.3 is 24.3 Å². The first-order valence-electron chi connectivity index (χ1n) is 10.8. The summed E-state index contributed by atoms with van der Waals surface area (Å²) in [6.07, 6.45) is 0.931. The zero-order valence-electron chi connectivity index (χ0n) is 18.8. The average Bonchev–Trinajstić information content (AvgIpc) is 2.95. The first-order valence-corrected chi connectivity index (χ1v) is 12.5. The monoisotopic (exact) mass is 473 g/mol. The molecule has 2 saturated heterocycles. The number of aromatic amines is 1. The first kappa shape index (κ1) is 24.9. The molecule has 12 heteroatoms. The summed E-state index contributed by atoms with van der Waals surface area (Å²) >= 11 is 0. The van der Waals surface area contributed by atoms with Crippen molar-refractivity contribution in [1.29, 1.82) is 0 Å². The molecule has 11 nitrogen and oxygen atoms in total. The molecule has 2 aliphatic heterocycles. The molecular formula is C20H32N3O8P. The first-order chi connectivity index (χ1) is 14.9. The van der Waals surface area contributed by atoms with Gasteiger partial charge in [-0.1, -0.05) is 6.92 Å². The van der Waals surface area contributed by atoms with Gasteiger partial charge in [0.25, 0.3) is 5.56 Å². The van der Waals surface area contributed by atoms with Gasteiger partial charge >= 0.3 is 19.3 Å². The second kappa shape index (κ2) is 9.61. The molecule has 0 aromatic carbocycles. The lowest BCUT2D eigenvalue weighted by atomic mass is 9.85. The number of esters is 1. The van der Waals surface area contributed by atoms with E-state index in [9.17, 15) is 18.9 Å². The molecule has 180 valence electrons. The van der Waals surface area contributed by atoms with Crippen LogP contribution < -0.4 is 17.0 Å². The summed E-state index contributed by atoms with van der Waals surface area (Å²) in [6.45, 7) is 7.27. The van der Waals surface area contributed by atoms with Crippen LogP contribution in [0, 0.1) is 11.8 Å². The number of carbonyl (C=O) groups is 1. The average molecular weight is 473 g/mol. The van der Waals surface area contributed by atoms with Crippen molar-refractivity contribution in [2.75, 3.05) is 19.4 Å². The molecule has 2 aliphatic rings.